The molecule has 4 aromatic rings. The molecule has 7 heteroatoms. The monoisotopic (exact) mass is 724 g/mol. The predicted octanol–water partition coefficient (Wildman–Crippen LogP) is 7.27. The molecule has 49 heavy (non-hydrogen) atoms. The second-order valence-electron chi connectivity index (χ2n) is 11.7. The third kappa shape index (κ3) is 14.3. The Bertz CT molecular complexity index is 1810. The molecule has 0 aliphatic rings. The molecule has 0 spiro atoms. The lowest BCUT2D eigenvalue weighted by Gasteiger charge is -2.06. The van der Waals surface area contributed by atoms with Crippen LogP contribution in [0.15, 0.2) is 142 Å². The van der Waals surface area contributed by atoms with E-state index in [2.05, 4.69) is 89.7 Å². The minimum Gasteiger partial charge on any atom is -1.00 e. The molecule has 4 rings (SSSR count). The maximum absolute atomic E-state index is 12.4. The fraction of sp³-hybridized carbons (Fsp3) is 0.310. The molecule has 0 radical (unpaired) electrons. The van der Waals surface area contributed by atoms with E-state index in [1.807, 2.05) is 36.7 Å². The number of pyridine rings is 1. The number of rotatable bonds is 20. The predicted molar refractivity (Wildman–Crippen MR) is 198 cm³/mol. The highest BCUT2D eigenvalue weighted by molar-refractivity contribution is 5.97. The summed E-state index contributed by atoms with van der Waals surface area (Å²) in [6.07, 6.45) is 41.5. The van der Waals surface area contributed by atoms with Crippen LogP contribution in [0.1, 0.15) is 76.7 Å². The molecule has 0 aliphatic carbocycles. The highest BCUT2D eigenvalue weighted by atomic mass is 79.9. The fourth-order valence-corrected chi connectivity index (χ4v) is 5.32. The van der Waals surface area contributed by atoms with Crippen LogP contribution in [0.4, 0.5) is 5.69 Å². The van der Waals surface area contributed by atoms with Gasteiger partial charge in [-0.05, 0) is 76.0 Å². The number of amides is 1. The standard InChI is InChI=1S/C42H48N2O4.BrH/c1-2-3-4-5-6-7-8-9-10-11-12-13-14-15-16-17-18-19-20-24-39(45)43-37-27-31-44(32-28-37)30-22-21-23-38-41-36(29-33-47-41)34-35-25-26-40(46)48-42(35)38;/h3-4,6-7,9-10,12-13,15-16,18-19,25-29,31-34H,2,5,8,11,14,17,20-24,30H2,1H3;1H/b4-3-,7-6-,10-9-,13-12-,16-15-,19-18-;. The van der Waals surface area contributed by atoms with Crippen molar-refractivity contribution < 1.29 is 35.2 Å². The number of hydrogen-bond donors (Lipinski definition) is 1. The number of anilines is 1. The van der Waals surface area contributed by atoms with E-state index < -0.39 is 0 Å². The SMILES string of the molecule is CC/C=C\C/C=C\C/C=C\C/C=C\C/C=C\C/C=C\CCC(=O)Nc1cc[n+](CCCCc2c3occc3cc3ccc(=O)oc23)cc1.[Br-]. The first-order valence-electron chi connectivity index (χ1n) is 17.3. The minimum absolute atomic E-state index is 0. The van der Waals surface area contributed by atoms with Crippen LogP contribution in [0.3, 0.4) is 0 Å². The second-order valence-corrected chi connectivity index (χ2v) is 11.7. The molecule has 0 saturated heterocycles. The number of unbranched alkanes of at least 4 members (excludes halogenated alkanes) is 1. The number of allylic oxidation sites excluding steroid dienone is 12. The molecule has 0 saturated carbocycles. The maximum atomic E-state index is 12.4. The van der Waals surface area contributed by atoms with Gasteiger partial charge in [0.1, 0.15) is 17.7 Å². The summed E-state index contributed by atoms with van der Waals surface area (Å²) in [4.78, 5) is 24.3. The van der Waals surface area contributed by atoms with Crippen molar-refractivity contribution in [2.45, 2.75) is 84.1 Å². The molecule has 1 N–H and O–H groups in total. The molecule has 3 aromatic heterocycles. The van der Waals surface area contributed by atoms with Gasteiger partial charge in [0.25, 0.3) is 0 Å². The Morgan fingerprint density at radius 2 is 1.33 bits per heavy atom. The summed E-state index contributed by atoms with van der Waals surface area (Å²) in [6.45, 7) is 2.99. The van der Waals surface area contributed by atoms with Crippen LogP contribution in [0.5, 0.6) is 0 Å². The van der Waals surface area contributed by atoms with Crippen molar-refractivity contribution in [2.75, 3.05) is 5.32 Å². The molecule has 0 aliphatic heterocycles. The van der Waals surface area contributed by atoms with E-state index in [1.165, 1.54) is 6.07 Å². The third-order valence-electron chi connectivity index (χ3n) is 7.82. The molecule has 6 nitrogen and oxygen atoms in total. The summed E-state index contributed by atoms with van der Waals surface area (Å²) in [5.74, 6) is 0.0123. The number of carbonyl (C=O) groups is 1. The summed E-state index contributed by atoms with van der Waals surface area (Å²) in [7, 11) is 0. The van der Waals surface area contributed by atoms with Gasteiger partial charge in [-0.15, -0.1) is 0 Å². The van der Waals surface area contributed by atoms with Crippen LogP contribution >= 0.6 is 0 Å². The van der Waals surface area contributed by atoms with Gasteiger partial charge in [-0.25, -0.2) is 9.36 Å². The molecular weight excluding hydrogens is 676 g/mol. The number of furan rings is 1. The van der Waals surface area contributed by atoms with Crippen molar-refractivity contribution in [2.24, 2.45) is 0 Å². The number of carbonyl (C=O) groups excluding carboxylic acids is 1. The third-order valence-corrected chi connectivity index (χ3v) is 7.82. The summed E-state index contributed by atoms with van der Waals surface area (Å²) in [5.41, 5.74) is 2.78. The van der Waals surface area contributed by atoms with Crippen LogP contribution in [0, 0.1) is 0 Å². The van der Waals surface area contributed by atoms with Crippen molar-refractivity contribution in [1.29, 1.82) is 0 Å². The average Bonchev–Trinajstić information content (AvgIpc) is 3.56. The zero-order chi connectivity index (χ0) is 33.7. The quantitative estimate of drug-likeness (QED) is 0.0451. The van der Waals surface area contributed by atoms with Gasteiger partial charge in [-0.1, -0.05) is 79.8 Å². The Balaban J connectivity index is 0.00000650. The Labute approximate surface area is 301 Å². The van der Waals surface area contributed by atoms with Gasteiger partial charge >= 0.3 is 5.63 Å². The number of benzene rings is 1. The van der Waals surface area contributed by atoms with Gasteiger partial charge in [0.05, 0.1) is 12.0 Å². The largest absolute Gasteiger partial charge is 1.00 e. The van der Waals surface area contributed by atoms with Crippen molar-refractivity contribution in [3.05, 3.63) is 144 Å². The fourth-order valence-electron chi connectivity index (χ4n) is 5.32. The molecule has 0 bridgehead atoms. The number of hydrogen-bond acceptors (Lipinski definition) is 4. The van der Waals surface area contributed by atoms with E-state index in [4.69, 9.17) is 8.83 Å². The molecule has 0 atom stereocenters. The number of fused-ring (bicyclic) bond motifs is 2. The van der Waals surface area contributed by atoms with Gasteiger partial charge in [0.2, 0.25) is 5.91 Å². The van der Waals surface area contributed by atoms with Crippen LogP contribution in [-0.2, 0) is 17.8 Å². The Hall–Kier alpha value is -4.49. The van der Waals surface area contributed by atoms with Crippen molar-refractivity contribution in [3.63, 3.8) is 0 Å². The normalized spacial score (nSPS) is 12.3. The first-order chi connectivity index (χ1) is 23.6. The topological polar surface area (TPSA) is 76.3 Å². The van der Waals surface area contributed by atoms with E-state index in [1.54, 1.807) is 12.3 Å². The summed E-state index contributed by atoms with van der Waals surface area (Å²) in [6, 6.07) is 11.0. The van der Waals surface area contributed by atoms with Crippen LogP contribution in [0.2, 0.25) is 0 Å². The van der Waals surface area contributed by atoms with Crippen molar-refractivity contribution in [1.82, 2.24) is 0 Å². The molecule has 0 fully saturated rings. The Morgan fingerprint density at radius 1 is 0.735 bits per heavy atom. The Kier molecular flexibility index (Phi) is 18.3. The highest BCUT2D eigenvalue weighted by Crippen LogP contribution is 2.29. The molecule has 258 valence electrons. The zero-order valence-electron chi connectivity index (χ0n) is 28.6. The van der Waals surface area contributed by atoms with Gasteiger partial charge in [0.15, 0.2) is 12.4 Å². The first-order valence-corrected chi connectivity index (χ1v) is 17.3. The molecular formula is C42H49BrN2O4. The van der Waals surface area contributed by atoms with Gasteiger partial charge < -0.3 is 31.1 Å². The lowest BCUT2D eigenvalue weighted by atomic mass is 10.0. The first kappa shape index (κ1) is 39.0. The highest BCUT2D eigenvalue weighted by Gasteiger charge is 2.13. The second kappa shape index (κ2) is 23.0. The lowest BCUT2D eigenvalue weighted by Crippen LogP contribution is -3.00. The van der Waals surface area contributed by atoms with E-state index in [9.17, 15) is 9.59 Å². The lowest BCUT2D eigenvalue weighted by molar-refractivity contribution is -0.697. The van der Waals surface area contributed by atoms with Crippen LogP contribution in [0.25, 0.3) is 21.9 Å². The Morgan fingerprint density at radius 3 is 1.96 bits per heavy atom. The number of nitrogens with one attached hydrogen (secondary N) is 1. The van der Waals surface area contributed by atoms with Crippen molar-refractivity contribution in [3.8, 4) is 0 Å². The molecule has 0 unspecified atom stereocenters. The van der Waals surface area contributed by atoms with E-state index in [-0.39, 0.29) is 28.5 Å². The van der Waals surface area contributed by atoms with E-state index in [0.29, 0.717) is 18.4 Å². The van der Waals surface area contributed by atoms with E-state index in [0.717, 1.165) is 91.9 Å². The van der Waals surface area contributed by atoms with E-state index >= 15 is 0 Å². The number of aryl methyl sites for hydroxylation is 2. The van der Waals surface area contributed by atoms with Crippen LogP contribution in [-0.4, -0.2) is 5.91 Å². The maximum Gasteiger partial charge on any atom is 0.336 e. The summed E-state index contributed by atoms with van der Waals surface area (Å²) < 4.78 is 13.4. The summed E-state index contributed by atoms with van der Waals surface area (Å²) >= 11 is 0. The number of nitrogens with zero attached hydrogens (tertiary/aromatic N) is 1. The van der Waals surface area contributed by atoms with Gasteiger partial charge in [-0.3, -0.25) is 4.79 Å². The minimum atomic E-state index is -0.355. The van der Waals surface area contributed by atoms with Gasteiger partial charge in [0, 0.05) is 47.4 Å². The molecule has 1 amide bonds. The smallest absolute Gasteiger partial charge is 0.336 e. The summed E-state index contributed by atoms with van der Waals surface area (Å²) in [5, 5.41) is 4.90. The van der Waals surface area contributed by atoms with Crippen molar-refractivity contribution >= 4 is 33.5 Å². The number of aromatic nitrogens is 1. The van der Waals surface area contributed by atoms with Crippen LogP contribution < -0.4 is 32.5 Å². The number of halogens is 1. The van der Waals surface area contributed by atoms with Gasteiger partial charge in [-0.2, -0.15) is 0 Å². The molecule has 3 heterocycles. The molecule has 1 aromatic carbocycles. The average molecular weight is 726 g/mol. The zero-order valence-corrected chi connectivity index (χ0v) is 30.2.